The molecule has 12 heteroatoms. The number of anilines is 1. The summed E-state index contributed by atoms with van der Waals surface area (Å²) in [5.74, 6) is 0.272. The molecule has 40 heavy (non-hydrogen) atoms. The van der Waals surface area contributed by atoms with Crippen molar-refractivity contribution in [1.82, 2.24) is 4.90 Å². The number of para-hydroxylation sites is 1. The van der Waals surface area contributed by atoms with E-state index in [1.54, 1.807) is 35.2 Å². The summed E-state index contributed by atoms with van der Waals surface area (Å²) in [4.78, 5) is 14.2. The van der Waals surface area contributed by atoms with Gasteiger partial charge in [0.05, 0.1) is 22.5 Å². The molecule has 216 valence electrons. The van der Waals surface area contributed by atoms with Crippen molar-refractivity contribution < 1.29 is 36.2 Å². The fourth-order valence-electron chi connectivity index (χ4n) is 4.92. The Morgan fingerprint density at radius 3 is 2.33 bits per heavy atom. The summed E-state index contributed by atoms with van der Waals surface area (Å²) < 4.78 is 82.3. The Balaban J connectivity index is 1.70. The number of nitrogens with zero attached hydrogens (tertiary/aromatic N) is 3. The molecule has 0 saturated heterocycles. The van der Waals surface area contributed by atoms with E-state index in [1.165, 1.54) is 18.2 Å². The fourth-order valence-corrected chi connectivity index (χ4v) is 5.14. The van der Waals surface area contributed by atoms with E-state index in [-0.39, 0.29) is 22.5 Å². The molecular weight excluding hydrogens is 560 g/mol. The van der Waals surface area contributed by atoms with Gasteiger partial charge < -0.3 is 10.0 Å². The van der Waals surface area contributed by atoms with Gasteiger partial charge in [-0.2, -0.15) is 31.4 Å². The zero-order valence-corrected chi connectivity index (χ0v) is 22.5. The van der Waals surface area contributed by atoms with Crippen LogP contribution < -0.4 is 5.01 Å². The van der Waals surface area contributed by atoms with Crippen LogP contribution in [0.5, 0.6) is 0 Å². The van der Waals surface area contributed by atoms with E-state index in [0.29, 0.717) is 31.5 Å². The molecule has 0 radical (unpaired) electrons. The number of amides is 1. The van der Waals surface area contributed by atoms with Crippen molar-refractivity contribution in [2.75, 3.05) is 18.1 Å². The van der Waals surface area contributed by atoms with Crippen molar-refractivity contribution in [2.45, 2.75) is 57.1 Å². The second-order valence-electron chi connectivity index (χ2n) is 10.3. The average molecular weight is 588 g/mol. The zero-order chi connectivity index (χ0) is 29.5. The van der Waals surface area contributed by atoms with Crippen molar-refractivity contribution in [3.63, 3.8) is 0 Å². The van der Waals surface area contributed by atoms with E-state index < -0.39 is 36.1 Å². The van der Waals surface area contributed by atoms with Crippen molar-refractivity contribution in [1.29, 1.82) is 0 Å². The van der Waals surface area contributed by atoms with Crippen LogP contribution in [0.25, 0.3) is 5.57 Å². The van der Waals surface area contributed by atoms with E-state index in [0.717, 1.165) is 16.1 Å². The number of rotatable bonds is 6. The zero-order valence-electron chi connectivity index (χ0n) is 21.7. The normalized spacial score (nSPS) is 18.7. The number of carbonyl (C=O) groups excluding carboxylic acids is 1. The fraction of sp³-hybridized carbons (Fsp3) is 0.429. The monoisotopic (exact) mass is 587 g/mol. The van der Waals surface area contributed by atoms with Crippen molar-refractivity contribution >= 4 is 34.5 Å². The molecule has 5 nitrogen and oxygen atoms in total. The summed E-state index contributed by atoms with van der Waals surface area (Å²) in [6.07, 6.45) is -10.1. The average Bonchev–Trinajstić information content (AvgIpc) is 3.32. The molecule has 2 aromatic rings. The maximum atomic E-state index is 13.7. The van der Waals surface area contributed by atoms with Gasteiger partial charge in [0.15, 0.2) is 0 Å². The standard InChI is InChI=1S/C28H28ClF6N3O2/c1-17(2)14-25(39)37-12-10-18(11-13-37)19-6-5-7-20(15-19)23-16-24(26(40,27(30,31)32)28(33,34)35)36-38(23)22-9-4-3-8-21(22)29/h3-10,15,17,23,40H,11-14,16H2,1-2H3. The second-order valence-corrected chi connectivity index (χ2v) is 10.7. The number of carbonyl (C=O) groups is 1. The molecule has 0 spiro atoms. The van der Waals surface area contributed by atoms with E-state index in [4.69, 9.17) is 11.6 Å². The minimum absolute atomic E-state index is 0.0480. The number of hydrogen-bond donors (Lipinski definition) is 1. The van der Waals surface area contributed by atoms with Crippen LogP contribution in [0.2, 0.25) is 5.02 Å². The third-order valence-corrected chi connectivity index (χ3v) is 7.35. The van der Waals surface area contributed by atoms with Gasteiger partial charge in [0.2, 0.25) is 5.91 Å². The molecule has 1 N–H and O–H groups in total. The van der Waals surface area contributed by atoms with Crippen molar-refractivity contribution in [3.8, 4) is 0 Å². The highest BCUT2D eigenvalue weighted by Gasteiger charge is 2.74. The van der Waals surface area contributed by atoms with Gasteiger partial charge in [0.1, 0.15) is 0 Å². The van der Waals surface area contributed by atoms with Gasteiger partial charge in [-0.3, -0.25) is 9.80 Å². The summed E-state index contributed by atoms with van der Waals surface area (Å²) in [6, 6.07) is 11.6. The minimum atomic E-state index is -6.06. The Kier molecular flexibility index (Phi) is 8.29. The topological polar surface area (TPSA) is 56.1 Å². The number of hydrazone groups is 1. The lowest BCUT2D eigenvalue weighted by atomic mass is 9.88. The van der Waals surface area contributed by atoms with Crippen molar-refractivity contribution in [2.24, 2.45) is 11.0 Å². The summed E-state index contributed by atoms with van der Waals surface area (Å²) >= 11 is 6.26. The Bertz CT molecular complexity index is 1310. The smallest absolute Gasteiger partial charge is 0.369 e. The summed E-state index contributed by atoms with van der Waals surface area (Å²) in [7, 11) is 0. The van der Waals surface area contributed by atoms with Crippen LogP contribution in [0.4, 0.5) is 32.0 Å². The molecule has 2 heterocycles. The predicted octanol–water partition coefficient (Wildman–Crippen LogP) is 7.16. The molecule has 2 aliphatic rings. The number of benzene rings is 2. The molecular formula is C28H28ClF6N3O2. The first-order valence-electron chi connectivity index (χ1n) is 12.7. The SMILES string of the molecule is CC(C)CC(=O)N1CC=C(c2cccc(C3CC(C(O)(C(F)(F)F)C(F)(F)F)=NN3c3ccccc3Cl)c2)CC1. The number of aliphatic hydroxyl groups is 1. The molecule has 2 aliphatic heterocycles. The summed E-state index contributed by atoms with van der Waals surface area (Å²) in [5.41, 5.74) is -4.49. The highest BCUT2D eigenvalue weighted by Crippen LogP contribution is 2.49. The first-order chi connectivity index (χ1) is 18.6. The van der Waals surface area contributed by atoms with E-state index in [2.05, 4.69) is 5.10 Å². The number of halogens is 7. The third kappa shape index (κ3) is 5.72. The van der Waals surface area contributed by atoms with Gasteiger partial charge in [0.25, 0.3) is 5.60 Å². The molecule has 1 atom stereocenters. The lowest BCUT2D eigenvalue weighted by molar-refractivity contribution is -0.338. The molecule has 0 aromatic heterocycles. The third-order valence-electron chi connectivity index (χ3n) is 7.03. The van der Waals surface area contributed by atoms with Gasteiger partial charge in [-0.1, -0.05) is 61.9 Å². The summed E-state index contributed by atoms with van der Waals surface area (Å²) in [6.45, 7) is 4.82. The van der Waals surface area contributed by atoms with Crippen LogP contribution in [0, 0.1) is 5.92 Å². The molecule has 4 rings (SSSR count). The first-order valence-corrected chi connectivity index (χ1v) is 13.1. The Hall–Kier alpha value is -3.05. The highest BCUT2D eigenvalue weighted by molar-refractivity contribution is 6.33. The lowest BCUT2D eigenvalue weighted by Gasteiger charge is -2.32. The molecule has 0 saturated carbocycles. The molecule has 0 aliphatic carbocycles. The van der Waals surface area contributed by atoms with Gasteiger partial charge in [-0.15, -0.1) is 0 Å². The van der Waals surface area contributed by atoms with E-state index >= 15 is 0 Å². The van der Waals surface area contributed by atoms with Crippen LogP contribution in [0.3, 0.4) is 0 Å². The molecule has 0 bridgehead atoms. The van der Waals surface area contributed by atoms with Crippen molar-refractivity contribution in [3.05, 3.63) is 70.8 Å². The van der Waals surface area contributed by atoms with Crippen LogP contribution in [-0.2, 0) is 4.79 Å². The molecule has 2 aromatic carbocycles. The Morgan fingerprint density at radius 2 is 1.75 bits per heavy atom. The summed E-state index contributed by atoms with van der Waals surface area (Å²) in [5, 5.41) is 14.8. The van der Waals surface area contributed by atoms with E-state index in [1.807, 2.05) is 19.9 Å². The van der Waals surface area contributed by atoms with Crippen LogP contribution in [0.1, 0.15) is 50.3 Å². The Labute approximate surface area is 232 Å². The molecule has 0 fully saturated rings. The maximum absolute atomic E-state index is 13.7. The lowest BCUT2D eigenvalue weighted by Crippen LogP contribution is -2.62. The van der Waals surface area contributed by atoms with Gasteiger partial charge in [0, 0.05) is 25.9 Å². The Morgan fingerprint density at radius 1 is 1.07 bits per heavy atom. The molecule has 1 unspecified atom stereocenters. The van der Waals surface area contributed by atoms with Gasteiger partial charge in [-0.25, -0.2) is 0 Å². The largest absolute Gasteiger partial charge is 0.431 e. The van der Waals surface area contributed by atoms with Crippen LogP contribution >= 0.6 is 11.6 Å². The second kappa shape index (κ2) is 11.1. The quantitative estimate of drug-likeness (QED) is 0.365. The molecule has 1 amide bonds. The predicted molar refractivity (Wildman–Crippen MR) is 141 cm³/mol. The van der Waals surface area contributed by atoms with Crippen LogP contribution in [0.15, 0.2) is 59.7 Å². The maximum Gasteiger partial charge on any atom is 0.431 e. The first kappa shape index (κ1) is 29.9. The van der Waals surface area contributed by atoms with E-state index in [9.17, 15) is 36.2 Å². The van der Waals surface area contributed by atoms with Gasteiger partial charge in [-0.05, 0) is 47.2 Å². The van der Waals surface area contributed by atoms with Crippen LogP contribution in [-0.4, -0.2) is 52.7 Å². The minimum Gasteiger partial charge on any atom is -0.369 e. The number of alkyl halides is 6. The highest BCUT2D eigenvalue weighted by atomic mass is 35.5. The number of hydrogen-bond acceptors (Lipinski definition) is 4. The van der Waals surface area contributed by atoms with Gasteiger partial charge >= 0.3 is 12.4 Å².